The van der Waals surface area contributed by atoms with Gasteiger partial charge in [-0.05, 0) is 51.3 Å². The van der Waals surface area contributed by atoms with Crippen molar-refractivity contribution < 1.29 is 4.74 Å². The number of aryl methyl sites for hydroxylation is 1. The predicted molar refractivity (Wildman–Crippen MR) is 82.9 cm³/mol. The fraction of sp³-hybridized carbons (Fsp3) is 0.625. The first-order chi connectivity index (χ1) is 9.08. The van der Waals surface area contributed by atoms with Gasteiger partial charge in [-0.1, -0.05) is 12.1 Å². The summed E-state index contributed by atoms with van der Waals surface area (Å²) < 4.78 is 5.45. The molecule has 0 saturated heterocycles. The van der Waals surface area contributed by atoms with Crippen LogP contribution in [-0.4, -0.2) is 32.3 Å². The zero-order valence-corrected chi connectivity index (χ0v) is 12.8. The van der Waals surface area contributed by atoms with Gasteiger partial charge in [-0.2, -0.15) is 0 Å². The molecule has 0 heterocycles. The Morgan fingerprint density at radius 2 is 2.05 bits per heavy atom. The Kier molecular flexibility index (Phi) is 6.89. The maximum absolute atomic E-state index is 5.85. The molecule has 2 N–H and O–H groups in total. The second-order valence-electron chi connectivity index (χ2n) is 5.08. The summed E-state index contributed by atoms with van der Waals surface area (Å²) in [5, 5.41) is 0. The number of anilines is 1. The van der Waals surface area contributed by atoms with Crippen LogP contribution in [0.15, 0.2) is 18.2 Å². The third-order valence-corrected chi connectivity index (χ3v) is 3.25. The van der Waals surface area contributed by atoms with Crippen LogP contribution in [0, 0.1) is 6.92 Å². The van der Waals surface area contributed by atoms with Gasteiger partial charge < -0.3 is 15.4 Å². The summed E-state index contributed by atoms with van der Waals surface area (Å²) in [5.41, 5.74) is 9.79. The van der Waals surface area contributed by atoms with Gasteiger partial charge in [0, 0.05) is 31.4 Å². The molecule has 0 aliphatic carbocycles. The second kappa shape index (κ2) is 8.18. The maximum Gasteiger partial charge on any atom is 0.0641 e. The Hall–Kier alpha value is -1.06. The van der Waals surface area contributed by atoms with Crippen molar-refractivity contribution in [1.82, 2.24) is 0 Å². The monoisotopic (exact) mass is 264 g/mol. The molecule has 3 nitrogen and oxygen atoms in total. The van der Waals surface area contributed by atoms with Gasteiger partial charge in [0.1, 0.15) is 0 Å². The molecule has 19 heavy (non-hydrogen) atoms. The van der Waals surface area contributed by atoms with Crippen LogP contribution in [0.1, 0.15) is 31.9 Å². The number of likely N-dealkylation sites (N-methyl/N-ethyl adjacent to an activating group) is 1. The fourth-order valence-corrected chi connectivity index (χ4v) is 2.34. The van der Waals surface area contributed by atoms with Gasteiger partial charge in [0.05, 0.1) is 6.61 Å². The lowest BCUT2D eigenvalue weighted by Crippen LogP contribution is -2.28. The molecule has 0 fully saturated rings. The Morgan fingerprint density at radius 1 is 1.32 bits per heavy atom. The highest BCUT2D eigenvalue weighted by Crippen LogP contribution is 2.21. The molecule has 1 aromatic carbocycles. The van der Waals surface area contributed by atoms with Crippen LogP contribution >= 0.6 is 0 Å². The van der Waals surface area contributed by atoms with E-state index in [9.17, 15) is 0 Å². The molecule has 0 aromatic heterocycles. The van der Waals surface area contributed by atoms with Crippen LogP contribution in [-0.2, 0) is 11.2 Å². The SMILES string of the molecule is CCOCCN(CC)c1ccc(CC(C)N)cc1C. The summed E-state index contributed by atoms with van der Waals surface area (Å²) >= 11 is 0. The van der Waals surface area contributed by atoms with Gasteiger partial charge in [-0.25, -0.2) is 0 Å². The molecule has 0 radical (unpaired) electrons. The molecule has 108 valence electrons. The number of nitrogens with two attached hydrogens (primary N) is 1. The van der Waals surface area contributed by atoms with E-state index in [2.05, 4.69) is 36.9 Å². The van der Waals surface area contributed by atoms with Crippen molar-refractivity contribution >= 4 is 5.69 Å². The van der Waals surface area contributed by atoms with Crippen LogP contribution in [0.4, 0.5) is 5.69 Å². The van der Waals surface area contributed by atoms with Gasteiger partial charge >= 0.3 is 0 Å². The summed E-state index contributed by atoms with van der Waals surface area (Å²) in [6.07, 6.45) is 0.937. The summed E-state index contributed by atoms with van der Waals surface area (Å²) in [7, 11) is 0. The van der Waals surface area contributed by atoms with E-state index < -0.39 is 0 Å². The molecular formula is C16H28N2O. The molecule has 0 aliphatic rings. The number of benzene rings is 1. The van der Waals surface area contributed by atoms with Gasteiger partial charge in [0.15, 0.2) is 0 Å². The molecule has 1 aromatic rings. The molecule has 0 saturated carbocycles. The van der Waals surface area contributed by atoms with Gasteiger partial charge in [0.2, 0.25) is 0 Å². The molecule has 1 unspecified atom stereocenters. The summed E-state index contributed by atoms with van der Waals surface area (Å²) in [4.78, 5) is 2.36. The Balaban J connectivity index is 2.75. The van der Waals surface area contributed by atoms with E-state index >= 15 is 0 Å². The largest absolute Gasteiger partial charge is 0.380 e. The highest BCUT2D eigenvalue weighted by Gasteiger charge is 2.08. The lowest BCUT2D eigenvalue weighted by atomic mass is 10.0. The fourth-order valence-electron chi connectivity index (χ4n) is 2.34. The molecule has 0 spiro atoms. The second-order valence-corrected chi connectivity index (χ2v) is 5.08. The number of hydrogen-bond donors (Lipinski definition) is 1. The zero-order chi connectivity index (χ0) is 14.3. The summed E-state index contributed by atoms with van der Waals surface area (Å²) in [6.45, 7) is 11.9. The van der Waals surface area contributed by atoms with Crippen molar-refractivity contribution in [3.05, 3.63) is 29.3 Å². The first-order valence-electron chi connectivity index (χ1n) is 7.26. The van der Waals surface area contributed by atoms with Crippen LogP contribution in [0.3, 0.4) is 0 Å². The maximum atomic E-state index is 5.85. The summed E-state index contributed by atoms with van der Waals surface area (Å²) in [5.74, 6) is 0. The molecular weight excluding hydrogens is 236 g/mol. The number of nitrogens with zero attached hydrogens (tertiary/aromatic N) is 1. The number of hydrogen-bond acceptors (Lipinski definition) is 3. The smallest absolute Gasteiger partial charge is 0.0641 e. The average molecular weight is 264 g/mol. The average Bonchev–Trinajstić information content (AvgIpc) is 2.35. The van der Waals surface area contributed by atoms with Crippen LogP contribution in [0.2, 0.25) is 0 Å². The predicted octanol–water partition coefficient (Wildman–Crippen LogP) is 2.75. The molecule has 0 aliphatic heterocycles. The topological polar surface area (TPSA) is 38.5 Å². The van der Waals surface area contributed by atoms with Crippen molar-refractivity contribution in [3.63, 3.8) is 0 Å². The molecule has 1 rings (SSSR count). The van der Waals surface area contributed by atoms with Crippen LogP contribution in [0.5, 0.6) is 0 Å². The van der Waals surface area contributed by atoms with Gasteiger partial charge in [0.25, 0.3) is 0 Å². The lowest BCUT2D eigenvalue weighted by molar-refractivity contribution is 0.154. The van der Waals surface area contributed by atoms with Crippen molar-refractivity contribution in [2.75, 3.05) is 31.2 Å². The zero-order valence-electron chi connectivity index (χ0n) is 12.8. The number of rotatable bonds is 8. The highest BCUT2D eigenvalue weighted by molar-refractivity contribution is 5.54. The summed E-state index contributed by atoms with van der Waals surface area (Å²) in [6, 6.07) is 6.87. The number of ether oxygens (including phenoxy) is 1. The van der Waals surface area contributed by atoms with E-state index in [1.165, 1.54) is 16.8 Å². The first kappa shape index (κ1) is 16.0. The lowest BCUT2D eigenvalue weighted by Gasteiger charge is -2.25. The minimum absolute atomic E-state index is 0.213. The minimum atomic E-state index is 0.213. The molecule has 1 atom stereocenters. The van der Waals surface area contributed by atoms with E-state index in [4.69, 9.17) is 10.5 Å². The van der Waals surface area contributed by atoms with E-state index in [1.807, 2.05) is 13.8 Å². The normalized spacial score (nSPS) is 12.5. The van der Waals surface area contributed by atoms with Crippen molar-refractivity contribution in [2.45, 2.75) is 40.2 Å². The van der Waals surface area contributed by atoms with Gasteiger partial charge in [-0.15, -0.1) is 0 Å². The Bertz CT molecular complexity index is 377. The third kappa shape index (κ3) is 5.21. The van der Waals surface area contributed by atoms with Gasteiger partial charge in [-0.3, -0.25) is 0 Å². The van der Waals surface area contributed by atoms with E-state index in [0.29, 0.717) is 0 Å². The third-order valence-electron chi connectivity index (χ3n) is 3.25. The first-order valence-corrected chi connectivity index (χ1v) is 7.26. The molecule has 3 heteroatoms. The van der Waals surface area contributed by atoms with Crippen LogP contribution in [0.25, 0.3) is 0 Å². The highest BCUT2D eigenvalue weighted by atomic mass is 16.5. The Labute approximate surface area is 117 Å². The van der Waals surface area contributed by atoms with E-state index in [1.54, 1.807) is 0 Å². The van der Waals surface area contributed by atoms with Crippen molar-refractivity contribution in [1.29, 1.82) is 0 Å². The van der Waals surface area contributed by atoms with Crippen LogP contribution < -0.4 is 10.6 Å². The Morgan fingerprint density at radius 3 is 2.58 bits per heavy atom. The minimum Gasteiger partial charge on any atom is -0.380 e. The van der Waals surface area contributed by atoms with Crippen molar-refractivity contribution in [3.8, 4) is 0 Å². The van der Waals surface area contributed by atoms with E-state index in [-0.39, 0.29) is 6.04 Å². The quantitative estimate of drug-likeness (QED) is 0.734. The molecule has 0 amide bonds. The standard InChI is InChI=1S/C16H28N2O/c1-5-18(9-10-19-6-2)16-8-7-15(11-13(16)3)12-14(4)17/h7-8,11,14H,5-6,9-10,12,17H2,1-4H3. The molecule has 0 bridgehead atoms. The van der Waals surface area contributed by atoms with E-state index in [0.717, 1.165) is 32.7 Å². The van der Waals surface area contributed by atoms with Crippen molar-refractivity contribution in [2.24, 2.45) is 5.73 Å².